The van der Waals surface area contributed by atoms with E-state index in [1.165, 1.54) is 0 Å². The molecule has 0 atom stereocenters. The van der Waals surface area contributed by atoms with Crippen molar-refractivity contribution in [2.45, 2.75) is 6.92 Å². The maximum absolute atomic E-state index is 12.3. The summed E-state index contributed by atoms with van der Waals surface area (Å²) in [5, 5.41) is 7.27. The Labute approximate surface area is 163 Å². The molecular formula is C19H21Cl2N3O2. The van der Waals surface area contributed by atoms with Crippen molar-refractivity contribution in [1.82, 2.24) is 0 Å². The topological polar surface area (TPSA) is 53.6 Å². The SMILES string of the molecule is Cc1ccc(NC(=O)CNc2cc(Cl)ccc2N2CCOCC2)cc1Cl. The van der Waals surface area contributed by atoms with Crippen LogP contribution in [0.3, 0.4) is 0 Å². The Bertz CT molecular complexity index is 792. The fourth-order valence-corrected chi connectivity index (χ4v) is 3.13. The molecule has 1 aliphatic rings. The minimum absolute atomic E-state index is 0.128. The number of aryl methyl sites for hydroxylation is 1. The van der Waals surface area contributed by atoms with Gasteiger partial charge in [0.2, 0.25) is 5.91 Å². The van der Waals surface area contributed by atoms with Gasteiger partial charge in [-0.15, -0.1) is 0 Å². The lowest BCUT2D eigenvalue weighted by Crippen LogP contribution is -2.36. The Hall–Kier alpha value is -1.95. The van der Waals surface area contributed by atoms with Crippen molar-refractivity contribution in [1.29, 1.82) is 0 Å². The number of hydrogen-bond donors (Lipinski definition) is 2. The molecule has 0 aliphatic carbocycles. The molecule has 2 aromatic rings. The van der Waals surface area contributed by atoms with Crippen molar-refractivity contribution in [2.75, 3.05) is 48.4 Å². The second-order valence-corrected chi connectivity index (χ2v) is 6.97. The molecule has 1 saturated heterocycles. The van der Waals surface area contributed by atoms with Crippen LogP contribution in [0.5, 0.6) is 0 Å². The number of nitrogens with one attached hydrogen (secondary N) is 2. The molecular weight excluding hydrogens is 373 g/mol. The number of amides is 1. The maximum atomic E-state index is 12.3. The highest BCUT2D eigenvalue weighted by atomic mass is 35.5. The van der Waals surface area contributed by atoms with Crippen LogP contribution in [-0.2, 0) is 9.53 Å². The molecule has 0 bridgehead atoms. The quantitative estimate of drug-likeness (QED) is 0.799. The minimum atomic E-state index is -0.155. The standard InChI is InChI=1S/C19H21Cl2N3O2/c1-13-2-4-15(11-16(13)21)23-19(25)12-22-17-10-14(20)3-5-18(17)24-6-8-26-9-7-24/h2-5,10-11,22H,6-9,12H2,1H3,(H,23,25). The van der Waals surface area contributed by atoms with Gasteiger partial charge in [0.25, 0.3) is 0 Å². The third kappa shape index (κ3) is 4.81. The van der Waals surface area contributed by atoms with Crippen LogP contribution in [0.25, 0.3) is 0 Å². The van der Waals surface area contributed by atoms with E-state index in [1.54, 1.807) is 6.07 Å². The van der Waals surface area contributed by atoms with Gasteiger partial charge in [0.15, 0.2) is 0 Å². The molecule has 0 saturated carbocycles. The lowest BCUT2D eigenvalue weighted by Gasteiger charge is -2.30. The van der Waals surface area contributed by atoms with Crippen LogP contribution in [0.15, 0.2) is 36.4 Å². The van der Waals surface area contributed by atoms with Gasteiger partial charge in [-0.25, -0.2) is 0 Å². The van der Waals surface area contributed by atoms with E-state index in [2.05, 4.69) is 15.5 Å². The van der Waals surface area contributed by atoms with Gasteiger partial charge in [0.1, 0.15) is 0 Å². The molecule has 0 unspecified atom stereocenters. The third-order valence-electron chi connectivity index (χ3n) is 4.21. The predicted octanol–water partition coefficient (Wildman–Crippen LogP) is 4.19. The Morgan fingerprint density at radius 1 is 1.15 bits per heavy atom. The average molecular weight is 394 g/mol. The molecule has 26 heavy (non-hydrogen) atoms. The Balaban J connectivity index is 1.65. The molecule has 7 heteroatoms. The summed E-state index contributed by atoms with van der Waals surface area (Å²) in [5.74, 6) is -0.155. The van der Waals surface area contributed by atoms with Gasteiger partial charge in [0, 0.05) is 28.8 Å². The summed E-state index contributed by atoms with van der Waals surface area (Å²) in [4.78, 5) is 14.5. The number of halogens is 2. The van der Waals surface area contributed by atoms with Crippen molar-refractivity contribution in [3.63, 3.8) is 0 Å². The molecule has 2 N–H and O–H groups in total. The van der Waals surface area contributed by atoms with Gasteiger partial charge < -0.3 is 20.3 Å². The summed E-state index contributed by atoms with van der Waals surface area (Å²) in [6, 6.07) is 11.1. The average Bonchev–Trinajstić information content (AvgIpc) is 2.64. The van der Waals surface area contributed by atoms with E-state index in [9.17, 15) is 4.79 Å². The van der Waals surface area contributed by atoms with E-state index in [0.717, 1.165) is 30.0 Å². The van der Waals surface area contributed by atoms with Gasteiger partial charge >= 0.3 is 0 Å². The number of benzene rings is 2. The first-order valence-electron chi connectivity index (χ1n) is 8.45. The Morgan fingerprint density at radius 3 is 2.65 bits per heavy atom. The van der Waals surface area contributed by atoms with Crippen LogP contribution in [0.2, 0.25) is 10.0 Å². The number of ether oxygens (including phenoxy) is 1. The zero-order valence-electron chi connectivity index (χ0n) is 14.5. The van der Waals surface area contributed by atoms with E-state index in [4.69, 9.17) is 27.9 Å². The fraction of sp³-hybridized carbons (Fsp3) is 0.316. The summed E-state index contributed by atoms with van der Waals surface area (Å²) in [6.45, 7) is 5.05. The molecule has 1 fully saturated rings. The second-order valence-electron chi connectivity index (χ2n) is 6.13. The van der Waals surface area contributed by atoms with E-state index in [1.807, 2.05) is 37.3 Å². The maximum Gasteiger partial charge on any atom is 0.243 e. The molecule has 0 aromatic heterocycles. The van der Waals surface area contributed by atoms with E-state index in [0.29, 0.717) is 28.9 Å². The van der Waals surface area contributed by atoms with Crippen LogP contribution >= 0.6 is 23.2 Å². The normalized spacial score (nSPS) is 14.2. The molecule has 1 amide bonds. The zero-order valence-corrected chi connectivity index (χ0v) is 16.0. The molecule has 1 heterocycles. The number of hydrogen-bond acceptors (Lipinski definition) is 4. The van der Waals surface area contributed by atoms with Gasteiger partial charge in [-0.3, -0.25) is 4.79 Å². The highest BCUT2D eigenvalue weighted by Gasteiger charge is 2.15. The summed E-state index contributed by atoms with van der Waals surface area (Å²) < 4.78 is 5.40. The van der Waals surface area contributed by atoms with E-state index < -0.39 is 0 Å². The highest BCUT2D eigenvalue weighted by Crippen LogP contribution is 2.29. The highest BCUT2D eigenvalue weighted by molar-refractivity contribution is 6.31. The molecule has 2 aromatic carbocycles. The minimum Gasteiger partial charge on any atom is -0.378 e. The predicted molar refractivity (Wildman–Crippen MR) is 108 cm³/mol. The van der Waals surface area contributed by atoms with Crippen LogP contribution in [-0.4, -0.2) is 38.8 Å². The third-order valence-corrected chi connectivity index (χ3v) is 4.85. The summed E-state index contributed by atoms with van der Waals surface area (Å²) in [7, 11) is 0. The number of nitrogens with zero attached hydrogens (tertiary/aromatic N) is 1. The number of anilines is 3. The number of rotatable bonds is 5. The summed E-state index contributed by atoms with van der Waals surface area (Å²) in [6.07, 6.45) is 0. The molecule has 1 aliphatic heterocycles. The lowest BCUT2D eigenvalue weighted by atomic mass is 10.2. The fourth-order valence-electron chi connectivity index (χ4n) is 2.78. The van der Waals surface area contributed by atoms with Crippen molar-refractivity contribution in [2.24, 2.45) is 0 Å². The van der Waals surface area contributed by atoms with Gasteiger partial charge in [-0.1, -0.05) is 29.3 Å². The first kappa shape index (κ1) is 18.8. The van der Waals surface area contributed by atoms with Crippen LogP contribution in [0.4, 0.5) is 17.1 Å². The molecule has 138 valence electrons. The van der Waals surface area contributed by atoms with Crippen LogP contribution < -0.4 is 15.5 Å². The summed E-state index contributed by atoms with van der Waals surface area (Å²) in [5.41, 5.74) is 3.49. The van der Waals surface area contributed by atoms with Crippen molar-refractivity contribution in [3.8, 4) is 0 Å². The van der Waals surface area contributed by atoms with Crippen LogP contribution in [0, 0.1) is 6.92 Å². The monoisotopic (exact) mass is 393 g/mol. The molecule has 0 radical (unpaired) electrons. The van der Waals surface area contributed by atoms with Gasteiger partial charge in [0.05, 0.1) is 31.1 Å². The summed E-state index contributed by atoms with van der Waals surface area (Å²) >= 11 is 12.2. The smallest absolute Gasteiger partial charge is 0.243 e. The number of morpholine rings is 1. The van der Waals surface area contributed by atoms with E-state index in [-0.39, 0.29) is 12.5 Å². The van der Waals surface area contributed by atoms with Gasteiger partial charge in [-0.05, 0) is 42.8 Å². The first-order valence-corrected chi connectivity index (χ1v) is 9.20. The van der Waals surface area contributed by atoms with Crippen molar-refractivity contribution < 1.29 is 9.53 Å². The molecule has 0 spiro atoms. The first-order chi connectivity index (χ1) is 12.5. The van der Waals surface area contributed by atoms with E-state index >= 15 is 0 Å². The van der Waals surface area contributed by atoms with Crippen molar-refractivity contribution in [3.05, 3.63) is 52.0 Å². The number of carbonyl (C=O) groups excluding carboxylic acids is 1. The molecule has 3 rings (SSSR count). The van der Waals surface area contributed by atoms with Crippen LogP contribution in [0.1, 0.15) is 5.56 Å². The second kappa shape index (κ2) is 8.62. The Morgan fingerprint density at radius 2 is 1.92 bits per heavy atom. The zero-order chi connectivity index (χ0) is 18.5. The van der Waals surface area contributed by atoms with Crippen molar-refractivity contribution >= 4 is 46.2 Å². The molecule has 5 nitrogen and oxygen atoms in total. The number of carbonyl (C=O) groups is 1. The Kier molecular flexibility index (Phi) is 6.25. The lowest BCUT2D eigenvalue weighted by molar-refractivity contribution is -0.114. The largest absolute Gasteiger partial charge is 0.378 e. The van der Waals surface area contributed by atoms with Gasteiger partial charge in [-0.2, -0.15) is 0 Å².